The average Bonchev–Trinajstić information content (AvgIpc) is 2.76. The van der Waals surface area contributed by atoms with Gasteiger partial charge in [-0.15, -0.1) is 11.3 Å². The van der Waals surface area contributed by atoms with Gasteiger partial charge in [-0.05, 0) is 53.2 Å². The van der Waals surface area contributed by atoms with Crippen molar-refractivity contribution in [3.8, 4) is 0 Å². The number of halogens is 1. The zero-order chi connectivity index (χ0) is 13.1. The van der Waals surface area contributed by atoms with E-state index < -0.39 is 5.97 Å². The maximum atomic E-state index is 10.9. The summed E-state index contributed by atoms with van der Waals surface area (Å²) in [6.45, 7) is 2.05. The number of hydrogen-bond acceptors (Lipinski definition) is 3. The van der Waals surface area contributed by atoms with Gasteiger partial charge in [0.1, 0.15) is 0 Å². The molecule has 0 spiro atoms. The van der Waals surface area contributed by atoms with Crippen LogP contribution < -0.4 is 5.32 Å². The number of anilines is 1. The molecule has 1 atom stereocenters. The van der Waals surface area contributed by atoms with Crippen LogP contribution in [-0.4, -0.2) is 11.1 Å². The van der Waals surface area contributed by atoms with Gasteiger partial charge in [-0.3, -0.25) is 0 Å². The topological polar surface area (TPSA) is 49.3 Å². The van der Waals surface area contributed by atoms with E-state index in [9.17, 15) is 4.79 Å². The summed E-state index contributed by atoms with van der Waals surface area (Å²) in [4.78, 5) is 12.1. The number of rotatable bonds is 4. The van der Waals surface area contributed by atoms with Crippen LogP contribution in [0.5, 0.6) is 0 Å². The number of carboxylic acid groups (broad SMARTS) is 1. The van der Waals surface area contributed by atoms with Crippen LogP contribution in [0, 0.1) is 0 Å². The number of carboxylic acids is 1. The number of benzene rings is 1. The van der Waals surface area contributed by atoms with Gasteiger partial charge in [0.05, 0.1) is 15.4 Å². The second kappa shape index (κ2) is 5.54. The first kappa shape index (κ1) is 13.1. The molecule has 18 heavy (non-hydrogen) atoms. The van der Waals surface area contributed by atoms with E-state index >= 15 is 0 Å². The Morgan fingerprint density at radius 2 is 2.17 bits per heavy atom. The van der Waals surface area contributed by atoms with Crippen molar-refractivity contribution in [2.45, 2.75) is 13.0 Å². The van der Waals surface area contributed by atoms with Crippen LogP contribution in [0.25, 0.3) is 0 Å². The maximum Gasteiger partial charge on any atom is 0.335 e. The molecular formula is C13H12BrNO2S. The van der Waals surface area contributed by atoms with Gasteiger partial charge in [0.25, 0.3) is 0 Å². The summed E-state index contributed by atoms with van der Waals surface area (Å²) >= 11 is 5.09. The molecule has 2 N–H and O–H groups in total. The van der Waals surface area contributed by atoms with Crippen LogP contribution in [0.15, 0.2) is 40.2 Å². The van der Waals surface area contributed by atoms with Crippen molar-refractivity contribution in [3.63, 3.8) is 0 Å². The summed E-state index contributed by atoms with van der Waals surface area (Å²) in [5, 5.41) is 12.2. The Labute approximate surface area is 118 Å². The van der Waals surface area contributed by atoms with Crippen molar-refractivity contribution < 1.29 is 9.90 Å². The summed E-state index contributed by atoms with van der Waals surface area (Å²) in [6, 6.07) is 11.0. The molecule has 0 bridgehead atoms. The molecule has 0 amide bonds. The molecule has 0 aliphatic heterocycles. The molecule has 94 valence electrons. The Balaban J connectivity index is 2.14. The maximum absolute atomic E-state index is 10.9. The molecule has 0 saturated heterocycles. The predicted octanol–water partition coefficient (Wildman–Crippen LogP) is 4.38. The lowest BCUT2D eigenvalue weighted by Gasteiger charge is -2.13. The van der Waals surface area contributed by atoms with Gasteiger partial charge in [0, 0.05) is 10.6 Å². The number of carbonyl (C=O) groups is 1. The van der Waals surface area contributed by atoms with E-state index in [0.717, 1.165) is 9.47 Å². The van der Waals surface area contributed by atoms with E-state index in [-0.39, 0.29) is 6.04 Å². The van der Waals surface area contributed by atoms with Crippen molar-refractivity contribution in [1.82, 2.24) is 0 Å². The summed E-state index contributed by atoms with van der Waals surface area (Å²) in [6.07, 6.45) is 0. The lowest BCUT2D eigenvalue weighted by atomic mass is 10.2. The average molecular weight is 326 g/mol. The number of thiophene rings is 1. The largest absolute Gasteiger partial charge is 0.478 e. The molecule has 1 heterocycles. The van der Waals surface area contributed by atoms with E-state index in [1.807, 2.05) is 25.1 Å². The van der Waals surface area contributed by atoms with Crippen LogP contribution in [0.4, 0.5) is 5.69 Å². The second-order valence-electron chi connectivity index (χ2n) is 3.89. The van der Waals surface area contributed by atoms with Gasteiger partial charge in [-0.1, -0.05) is 6.07 Å². The molecule has 2 aromatic rings. The Morgan fingerprint density at radius 1 is 1.39 bits per heavy atom. The second-order valence-corrected chi connectivity index (χ2v) is 6.39. The minimum absolute atomic E-state index is 0.144. The molecular weight excluding hydrogens is 314 g/mol. The molecule has 1 aromatic heterocycles. The molecule has 3 nitrogen and oxygen atoms in total. The molecule has 2 rings (SSSR count). The van der Waals surface area contributed by atoms with Crippen molar-refractivity contribution in [2.75, 3.05) is 5.32 Å². The van der Waals surface area contributed by atoms with Crippen LogP contribution in [-0.2, 0) is 0 Å². The quantitative estimate of drug-likeness (QED) is 0.876. The molecule has 0 radical (unpaired) electrons. The standard InChI is InChI=1S/C13H12BrNO2S/c1-8(11-5-6-12(14)18-11)15-10-4-2-3-9(7-10)13(16)17/h2-8,15H,1H3,(H,16,17). The number of hydrogen-bond donors (Lipinski definition) is 2. The SMILES string of the molecule is CC(Nc1cccc(C(=O)O)c1)c1ccc(Br)s1. The molecule has 0 fully saturated rings. The van der Waals surface area contributed by atoms with E-state index in [4.69, 9.17) is 5.11 Å². The summed E-state index contributed by atoms with van der Waals surface area (Å²) in [5.74, 6) is -0.912. The van der Waals surface area contributed by atoms with Gasteiger partial charge in [0.2, 0.25) is 0 Å². The molecule has 0 saturated carbocycles. The number of nitrogens with one attached hydrogen (secondary N) is 1. The van der Waals surface area contributed by atoms with Crippen molar-refractivity contribution >= 4 is 38.9 Å². The molecule has 0 aliphatic rings. The Bertz CT molecular complexity index is 568. The van der Waals surface area contributed by atoms with E-state index in [1.165, 1.54) is 4.88 Å². The monoisotopic (exact) mass is 325 g/mol. The summed E-state index contributed by atoms with van der Waals surface area (Å²) < 4.78 is 1.09. The Hall–Kier alpha value is -1.33. The third-order valence-electron chi connectivity index (χ3n) is 2.51. The smallest absolute Gasteiger partial charge is 0.335 e. The third-order valence-corrected chi connectivity index (χ3v) is 4.32. The highest BCUT2D eigenvalue weighted by Crippen LogP contribution is 2.29. The van der Waals surface area contributed by atoms with E-state index in [2.05, 4.69) is 21.2 Å². The van der Waals surface area contributed by atoms with Crippen LogP contribution in [0.3, 0.4) is 0 Å². The molecule has 1 unspecified atom stereocenters. The van der Waals surface area contributed by atoms with Gasteiger partial charge < -0.3 is 10.4 Å². The first-order valence-corrected chi connectivity index (χ1v) is 7.02. The van der Waals surface area contributed by atoms with E-state index in [1.54, 1.807) is 29.5 Å². The highest BCUT2D eigenvalue weighted by Gasteiger charge is 2.09. The first-order chi connectivity index (χ1) is 8.56. The van der Waals surface area contributed by atoms with Crippen LogP contribution >= 0.6 is 27.3 Å². The van der Waals surface area contributed by atoms with Crippen LogP contribution in [0.1, 0.15) is 28.2 Å². The zero-order valence-corrected chi connectivity index (χ0v) is 12.1. The fourth-order valence-electron chi connectivity index (χ4n) is 1.62. The fourth-order valence-corrected chi connectivity index (χ4v) is 3.05. The van der Waals surface area contributed by atoms with Crippen molar-refractivity contribution in [1.29, 1.82) is 0 Å². The van der Waals surface area contributed by atoms with Gasteiger partial charge in [-0.25, -0.2) is 4.79 Å². The van der Waals surface area contributed by atoms with Crippen molar-refractivity contribution in [2.24, 2.45) is 0 Å². The van der Waals surface area contributed by atoms with Gasteiger partial charge in [0.15, 0.2) is 0 Å². The van der Waals surface area contributed by atoms with E-state index in [0.29, 0.717) is 5.56 Å². The first-order valence-electron chi connectivity index (χ1n) is 5.41. The third kappa shape index (κ3) is 3.11. The number of aromatic carboxylic acids is 1. The fraction of sp³-hybridized carbons (Fsp3) is 0.154. The zero-order valence-electron chi connectivity index (χ0n) is 9.68. The predicted molar refractivity (Wildman–Crippen MR) is 77.5 cm³/mol. The van der Waals surface area contributed by atoms with Crippen LogP contribution in [0.2, 0.25) is 0 Å². The molecule has 0 aliphatic carbocycles. The summed E-state index contributed by atoms with van der Waals surface area (Å²) in [7, 11) is 0. The highest BCUT2D eigenvalue weighted by atomic mass is 79.9. The Kier molecular flexibility index (Phi) is 4.04. The normalized spacial score (nSPS) is 12.1. The molecule has 5 heteroatoms. The minimum atomic E-state index is -0.912. The van der Waals surface area contributed by atoms with Gasteiger partial charge in [-0.2, -0.15) is 0 Å². The van der Waals surface area contributed by atoms with Gasteiger partial charge >= 0.3 is 5.97 Å². The van der Waals surface area contributed by atoms with Crippen molar-refractivity contribution in [3.05, 3.63) is 50.6 Å². The molecule has 1 aromatic carbocycles. The minimum Gasteiger partial charge on any atom is -0.478 e. The summed E-state index contributed by atoms with van der Waals surface area (Å²) in [5.41, 5.74) is 1.10. The lowest BCUT2D eigenvalue weighted by molar-refractivity contribution is 0.0697. The highest BCUT2D eigenvalue weighted by molar-refractivity contribution is 9.11. The lowest BCUT2D eigenvalue weighted by Crippen LogP contribution is -2.06. The Morgan fingerprint density at radius 3 is 2.78 bits per heavy atom.